The van der Waals surface area contributed by atoms with Crippen LogP contribution in [0.5, 0.6) is 0 Å². The number of rotatable bonds is 6. The number of esters is 1. The minimum Gasteiger partial charge on any atom is -0.478 e. The van der Waals surface area contributed by atoms with E-state index in [9.17, 15) is 9.59 Å². The first-order valence-corrected chi connectivity index (χ1v) is 6.31. The van der Waals surface area contributed by atoms with Gasteiger partial charge in [0.15, 0.2) is 0 Å². The minimum absolute atomic E-state index is 0.176. The van der Waals surface area contributed by atoms with Crippen molar-refractivity contribution in [1.29, 1.82) is 0 Å². The zero-order valence-corrected chi connectivity index (χ0v) is 12.7. The predicted octanol–water partition coefficient (Wildman–Crippen LogP) is 3.44. The summed E-state index contributed by atoms with van der Waals surface area (Å²) in [5.74, 6) is -0.340. The fourth-order valence-corrected chi connectivity index (χ4v) is 0.921. The summed E-state index contributed by atoms with van der Waals surface area (Å²) in [4.78, 5) is 20.9. The van der Waals surface area contributed by atoms with E-state index in [4.69, 9.17) is 9.84 Å². The molecule has 0 fully saturated rings. The van der Waals surface area contributed by atoms with Crippen molar-refractivity contribution >= 4 is 11.9 Å². The van der Waals surface area contributed by atoms with Gasteiger partial charge in [-0.3, -0.25) is 0 Å². The van der Waals surface area contributed by atoms with Crippen molar-refractivity contribution in [2.24, 2.45) is 11.8 Å². The van der Waals surface area contributed by atoms with E-state index in [0.29, 0.717) is 24.0 Å². The molecule has 0 aromatic rings. The molecule has 0 rings (SSSR count). The Hall–Kier alpha value is -1.58. The molecule has 0 spiro atoms. The van der Waals surface area contributed by atoms with E-state index in [1.54, 1.807) is 0 Å². The summed E-state index contributed by atoms with van der Waals surface area (Å²) >= 11 is 0. The first-order chi connectivity index (χ1) is 8.57. The highest BCUT2D eigenvalue weighted by atomic mass is 16.5. The molecule has 4 nitrogen and oxygen atoms in total. The number of carbonyl (C=O) groups is 2. The van der Waals surface area contributed by atoms with Gasteiger partial charge >= 0.3 is 11.9 Å². The molecule has 0 unspecified atom stereocenters. The van der Waals surface area contributed by atoms with E-state index in [2.05, 4.69) is 27.0 Å². The van der Waals surface area contributed by atoms with Gasteiger partial charge in [0.2, 0.25) is 0 Å². The molecule has 19 heavy (non-hydrogen) atoms. The third-order valence-electron chi connectivity index (χ3n) is 1.86. The highest BCUT2D eigenvalue weighted by molar-refractivity contribution is 5.87. The van der Waals surface area contributed by atoms with Crippen LogP contribution in [0, 0.1) is 11.8 Å². The van der Waals surface area contributed by atoms with Crippen molar-refractivity contribution in [3.8, 4) is 0 Å². The van der Waals surface area contributed by atoms with Crippen LogP contribution in [-0.4, -0.2) is 23.7 Å². The Morgan fingerprint density at radius 1 is 1.11 bits per heavy atom. The highest BCUT2D eigenvalue weighted by Gasteiger charge is 2.10. The molecule has 0 aromatic heterocycles. The van der Waals surface area contributed by atoms with Crippen LogP contribution in [-0.2, 0) is 14.3 Å². The molecule has 0 heterocycles. The molecule has 0 saturated carbocycles. The molecule has 0 atom stereocenters. The third-order valence-corrected chi connectivity index (χ3v) is 1.86. The lowest BCUT2D eigenvalue weighted by atomic mass is 10.1. The zero-order chi connectivity index (χ0) is 15.6. The van der Waals surface area contributed by atoms with Gasteiger partial charge in [-0.05, 0) is 25.2 Å². The number of ether oxygens (including phenoxy) is 1. The van der Waals surface area contributed by atoms with Crippen LogP contribution in [0.4, 0.5) is 0 Å². The SMILES string of the molecule is C=C(C)C(=O)O.C=C(CC(C)C)C(=O)OCC(C)C. The monoisotopic (exact) mass is 270 g/mol. The Balaban J connectivity index is 0. The van der Waals surface area contributed by atoms with Crippen LogP contribution in [0.15, 0.2) is 24.3 Å². The Morgan fingerprint density at radius 2 is 1.53 bits per heavy atom. The Labute approximate surface area is 116 Å². The molecule has 0 amide bonds. The van der Waals surface area contributed by atoms with Gasteiger partial charge in [0.1, 0.15) is 0 Å². The second-order valence-corrected chi connectivity index (χ2v) is 5.28. The van der Waals surface area contributed by atoms with E-state index in [0.717, 1.165) is 6.42 Å². The minimum atomic E-state index is -0.935. The molecule has 0 aliphatic heterocycles. The fourth-order valence-electron chi connectivity index (χ4n) is 0.921. The van der Waals surface area contributed by atoms with Crippen molar-refractivity contribution in [2.45, 2.75) is 41.0 Å². The molecule has 0 bridgehead atoms. The number of carbonyl (C=O) groups excluding carboxylic acids is 1. The van der Waals surface area contributed by atoms with Gasteiger partial charge in [0.25, 0.3) is 0 Å². The van der Waals surface area contributed by atoms with Crippen molar-refractivity contribution in [2.75, 3.05) is 6.61 Å². The van der Waals surface area contributed by atoms with Gasteiger partial charge in [-0.15, -0.1) is 0 Å². The van der Waals surface area contributed by atoms with Crippen molar-refractivity contribution < 1.29 is 19.4 Å². The Bertz CT molecular complexity index is 315. The summed E-state index contributed by atoms with van der Waals surface area (Å²) in [6, 6.07) is 0. The average Bonchev–Trinajstić information content (AvgIpc) is 2.25. The Kier molecular flexibility index (Phi) is 10.8. The van der Waals surface area contributed by atoms with Crippen LogP contribution >= 0.6 is 0 Å². The molecule has 0 aliphatic carbocycles. The maximum absolute atomic E-state index is 11.3. The van der Waals surface area contributed by atoms with Gasteiger partial charge in [-0.25, -0.2) is 9.59 Å². The molecule has 0 aromatic carbocycles. The van der Waals surface area contributed by atoms with Crippen molar-refractivity contribution in [3.63, 3.8) is 0 Å². The average molecular weight is 270 g/mol. The van der Waals surface area contributed by atoms with Gasteiger partial charge in [0.05, 0.1) is 6.61 Å². The molecule has 0 saturated heterocycles. The van der Waals surface area contributed by atoms with Crippen LogP contribution in [0.1, 0.15) is 41.0 Å². The molecule has 1 N–H and O–H groups in total. The number of carboxylic acids is 1. The maximum Gasteiger partial charge on any atom is 0.333 e. The van der Waals surface area contributed by atoms with Crippen molar-refractivity contribution in [3.05, 3.63) is 24.3 Å². The summed E-state index contributed by atoms with van der Waals surface area (Å²) in [5, 5.41) is 7.89. The third kappa shape index (κ3) is 14.4. The van der Waals surface area contributed by atoms with Crippen LogP contribution < -0.4 is 0 Å². The number of aliphatic carboxylic acids is 1. The quantitative estimate of drug-likeness (QED) is 0.593. The van der Waals surface area contributed by atoms with Gasteiger partial charge < -0.3 is 9.84 Å². The molecular weight excluding hydrogens is 244 g/mol. The molecule has 4 heteroatoms. The highest BCUT2D eigenvalue weighted by Crippen LogP contribution is 2.10. The number of carboxylic acid groups (broad SMARTS) is 1. The van der Waals surface area contributed by atoms with E-state index in [1.165, 1.54) is 6.92 Å². The normalized spacial score (nSPS) is 9.63. The lowest BCUT2D eigenvalue weighted by Crippen LogP contribution is -2.12. The number of hydrogen-bond donors (Lipinski definition) is 1. The topological polar surface area (TPSA) is 63.6 Å². The van der Waals surface area contributed by atoms with Gasteiger partial charge in [0, 0.05) is 11.1 Å². The lowest BCUT2D eigenvalue weighted by Gasteiger charge is -2.10. The first-order valence-electron chi connectivity index (χ1n) is 6.31. The predicted molar refractivity (Wildman–Crippen MR) is 76.8 cm³/mol. The van der Waals surface area contributed by atoms with Gasteiger partial charge in [-0.2, -0.15) is 0 Å². The summed E-state index contributed by atoms with van der Waals surface area (Å²) in [7, 11) is 0. The van der Waals surface area contributed by atoms with E-state index < -0.39 is 5.97 Å². The second kappa shape index (κ2) is 10.4. The second-order valence-electron chi connectivity index (χ2n) is 5.28. The van der Waals surface area contributed by atoms with Gasteiger partial charge in [-0.1, -0.05) is 40.9 Å². The van der Waals surface area contributed by atoms with Crippen molar-refractivity contribution in [1.82, 2.24) is 0 Å². The zero-order valence-electron chi connectivity index (χ0n) is 12.7. The van der Waals surface area contributed by atoms with E-state index in [1.807, 2.05) is 13.8 Å². The largest absolute Gasteiger partial charge is 0.478 e. The van der Waals surface area contributed by atoms with E-state index >= 15 is 0 Å². The maximum atomic E-state index is 11.3. The van der Waals surface area contributed by atoms with Crippen LogP contribution in [0.25, 0.3) is 0 Å². The smallest absolute Gasteiger partial charge is 0.333 e. The first kappa shape index (κ1) is 19.8. The summed E-state index contributed by atoms with van der Waals surface area (Å²) in [6.07, 6.45) is 0.719. The lowest BCUT2D eigenvalue weighted by molar-refractivity contribution is -0.140. The van der Waals surface area contributed by atoms with Crippen LogP contribution in [0.2, 0.25) is 0 Å². The molecule has 0 radical (unpaired) electrons. The summed E-state index contributed by atoms with van der Waals surface area (Å²) in [5.41, 5.74) is 0.755. The molecular formula is C15H26O4. The standard InChI is InChI=1S/C11H20O2.C4H6O2/c1-8(2)6-10(5)11(12)13-7-9(3)4;1-3(2)4(5)6/h8-9H,5-7H2,1-4H3;1H2,2H3,(H,5,6). The molecule has 110 valence electrons. The van der Waals surface area contributed by atoms with Crippen LogP contribution in [0.3, 0.4) is 0 Å². The Morgan fingerprint density at radius 3 is 1.79 bits per heavy atom. The molecule has 0 aliphatic rings. The summed E-state index contributed by atoms with van der Waals surface area (Å²) in [6.45, 7) is 16.9. The summed E-state index contributed by atoms with van der Waals surface area (Å²) < 4.78 is 5.03. The van der Waals surface area contributed by atoms with E-state index in [-0.39, 0.29) is 11.5 Å². The fraction of sp³-hybridized carbons (Fsp3) is 0.600. The number of hydrogen-bond acceptors (Lipinski definition) is 3.